The Hall–Kier alpha value is -3.42. The van der Waals surface area contributed by atoms with E-state index in [4.69, 9.17) is 13.7 Å². The molecule has 2 aromatic heterocycles. The van der Waals surface area contributed by atoms with Gasteiger partial charge in [-0.3, -0.25) is 10.1 Å². The maximum Gasteiger partial charge on any atom is 0.374 e. The predicted octanol–water partition coefficient (Wildman–Crippen LogP) is 3.18. The van der Waals surface area contributed by atoms with Gasteiger partial charge in [0.25, 0.3) is 5.91 Å². The highest BCUT2D eigenvalue weighted by molar-refractivity contribution is 5.94. The molecule has 128 valence electrons. The molecule has 1 N–H and O–H groups in total. The number of ether oxygens (including phenoxy) is 1. The van der Waals surface area contributed by atoms with E-state index >= 15 is 0 Å². The lowest BCUT2D eigenvalue weighted by Gasteiger charge is -2.02. The molecule has 25 heavy (non-hydrogen) atoms. The number of esters is 1. The molecular formula is C17H13FN2O5. The molecule has 0 spiro atoms. The second-order valence-corrected chi connectivity index (χ2v) is 5.10. The summed E-state index contributed by atoms with van der Waals surface area (Å²) in [6, 6.07) is 10.3. The van der Waals surface area contributed by atoms with Crippen LogP contribution in [0.5, 0.6) is 0 Å². The average molecular weight is 344 g/mol. The summed E-state index contributed by atoms with van der Waals surface area (Å²) in [6.45, 7) is 1.16. The lowest BCUT2D eigenvalue weighted by Crippen LogP contribution is -2.20. The lowest BCUT2D eigenvalue weighted by molar-refractivity contribution is -0.119. The smallest absolute Gasteiger partial charge is 0.374 e. The maximum atomic E-state index is 13.7. The van der Waals surface area contributed by atoms with Crippen molar-refractivity contribution in [1.82, 2.24) is 5.16 Å². The van der Waals surface area contributed by atoms with Gasteiger partial charge in [0.2, 0.25) is 11.6 Å². The van der Waals surface area contributed by atoms with Gasteiger partial charge in [0.15, 0.2) is 6.61 Å². The second-order valence-electron chi connectivity index (χ2n) is 5.10. The van der Waals surface area contributed by atoms with Gasteiger partial charge in [0.1, 0.15) is 11.6 Å². The molecule has 0 saturated carbocycles. The van der Waals surface area contributed by atoms with E-state index in [1.54, 1.807) is 19.1 Å². The molecule has 0 unspecified atom stereocenters. The molecule has 7 nitrogen and oxygen atoms in total. The van der Waals surface area contributed by atoms with E-state index in [2.05, 4.69) is 10.5 Å². The number of carbonyl (C=O) groups excluding carboxylic acids is 2. The number of benzene rings is 1. The lowest BCUT2D eigenvalue weighted by atomic mass is 10.1. The third kappa shape index (κ3) is 3.92. The van der Waals surface area contributed by atoms with Crippen LogP contribution in [0.15, 0.2) is 51.4 Å². The van der Waals surface area contributed by atoms with Crippen LogP contribution in [0.1, 0.15) is 16.2 Å². The molecule has 0 aliphatic carbocycles. The Morgan fingerprint density at radius 1 is 1.24 bits per heavy atom. The number of nitrogens with one attached hydrogen (secondary N) is 1. The number of nitrogens with zero attached hydrogens (tertiary/aromatic N) is 1. The zero-order valence-electron chi connectivity index (χ0n) is 13.1. The molecule has 2 heterocycles. The third-order valence-electron chi connectivity index (χ3n) is 3.17. The minimum absolute atomic E-state index is 0.137. The SMILES string of the molecule is Cc1cc(NC(=O)COC(=O)c2ccc(-c3ccccc3F)o2)on1. The zero-order valence-corrected chi connectivity index (χ0v) is 13.1. The number of aryl methyl sites for hydroxylation is 1. The van der Waals surface area contributed by atoms with Crippen LogP contribution in [-0.4, -0.2) is 23.6 Å². The standard InChI is InChI=1S/C17H13FN2O5/c1-10-8-16(25-20-10)19-15(21)9-23-17(22)14-7-6-13(24-14)11-4-2-3-5-12(11)18/h2-8H,9H2,1H3,(H,19,21). The molecule has 1 amide bonds. The quantitative estimate of drug-likeness (QED) is 0.714. The van der Waals surface area contributed by atoms with Crippen LogP contribution >= 0.6 is 0 Å². The van der Waals surface area contributed by atoms with Crippen molar-refractivity contribution in [3.8, 4) is 11.3 Å². The fourth-order valence-electron chi connectivity index (χ4n) is 2.05. The number of aromatic nitrogens is 1. The van der Waals surface area contributed by atoms with Gasteiger partial charge in [-0.15, -0.1) is 0 Å². The van der Waals surface area contributed by atoms with Crippen LogP contribution in [0.25, 0.3) is 11.3 Å². The van der Waals surface area contributed by atoms with Crippen molar-refractivity contribution in [2.75, 3.05) is 11.9 Å². The number of hydrogen-bond acceptors (Lipinski definition) is 6. The van der Waals surface area contributed by atoms with Gasteiger partial charge < -0.3 is 13.7 Å². The van der Waals surface area contributed by atoms with Gasteiger partial charge in [-0.25, -0.2) is 9.18 Å². The second kappa shape index (κ2) is 7.00. The highest BCUT2D eigenvalue weighted by Crippen LogP contribution is 2.25. The first-order chi connectivity index (χ1) is 12.0. The van der Waals surface area contributed by atoms with Crippen molar-refractivity contribution in [1.29, 1.82) is 0 Å². The predicted molar refractivity (Wildman–Crippen MR) is 84.3 cm³/mol. The zero-order chi connectivity index (χ0) is 17.8. The number of hydrogen-bond donors (Lipinski definition) is 1. The van der Waals surface area contributed by atoms with Crippen molar-refractivity contribution in [2.24, 2.45) is 0 Å². The molecule has 0 aliphatic rings. The van der Waals surface area contributed by atoms with Gasteiger partial charge in [0.05, 0.1) is 11.3 Å². The van der Waals surface area contributed by atoms with Crippen LogP contribution < -0.4 is 5.32 Å². The van der Waals surface area contributed by atoms with Crippen molar-refractivity contribution in [3.05, 3.63) is 59.7 Å². The third-order valence-corrected chi connectivity index (χ3v) is 3.17. The van der Waals surface area contributed by atoms with E-state index in [9.17, 15) is 14.0 Å². The van der Waals surface area contributed by atoms with Crippen LogP contribution in [0.2, 0.25) is 0 Å². The monoisotopic (exact) mass is 344 g/mol. The van der Waals surface area contributed by atoms with Gasteiger partial charge in [0, 0.05) is 6.07 Å². The summed E-state index contributed by atoms with van der Waals surface area (Å²) in [7, 11) is 0. The van der Waals surface area contributed by atoms with Crippen molar-refractivity contribution >= 4 is 17.8 Å². The average Bonchev–Trinajstić information content (AvgIpc) is 3.22. The number of amides is 1. The fraction of sp³-hybridized carbons (Fsp3) is 0.118. The van der Waals surface area contributed by atoms with Gasteiger partial charge in [-0.1, -0.05) is 17.3 Å². The minimum Gasteiger partial charge on any atom is -0.450 e. The number of halogens is 1. The normalized spacial score (nSPS) is 10.5. The summed E-state index contributed by atoms with van der Waals surface area (Å²) in [5.74, 6) is -1.71. The minimum atomic E-state index is -0.841. The summed E-state index contributed by atoms with van der Waals surface area (Å²) in [5, 5.41) is 5.99. The Morgan fingerprint density at radius 2 is 2.04 bits per heavy atom. The Balaban J connectivity index is 1.59. The first-order valence-corrected chi connectivity index (χ1v) is 7.28. The number of furan rings is 1. The fourth-order valence-corrected chi connectivity index (χ4v) is 2.05. The van der Waals surface area contributed by atoms with Gasteiger partial charge >= 0.3 is 5.97 Å². The highest BCUT2D eigenvalue weighted by atomic mass is 19.1. The van der Waals surface area contributed by atoms with E-state index in [1.165, 1.54) is 30.3 Å². The Bertz CT molecular complexity index is 915. The van der Waals surface area contributed by atoms with E-state index in [1.807, 2.05) is 0 Å². The summed E-state index contributed by atoms with van der Waals surface area (Å²) in [4.78, 5) is 23.6. The van der Waals surface area contributed by atoms with E-state index in [0.717, 1.165) is 0 Å². The molecule has 1 aromatic carbocycles. The summed E-state index contributed by atoms with van der Waals surface area (Å²) >= 11 is 0. The molecule has 0 bridgehead atoms. The van der Waals surface area contributed by atoms with Gasteiger partial charge in [-0.05, 0) is 31.2 Å². The Kier molecular flexibility index (Phi) is 4.60. The first kappa shape index (κ1) is 16.4. The Morgan fingerprint density at radius 3 is 2.76 bits per heavy atom. The van der Waals surface area contributed by atoms with Crippen LogP contribution in [0.4, 0.5) is 10.3 Å². The summed E-state index contributed by atoms with van der Waals surface area (Å²) < 4.78 is 28.7. The van der Waals surface area contributed by atoms with Crippen LogP contribution in [0, 0.1) is 12.7 Å². The first-order valence-electron chi connectivity index (χ1n) is 7.28. The van der Waals surface area contributed by atoms with Crippen molar-refractivity contribution < 1.29 is 27.7 Å². The van der Waals surface area contributed by atoms with E-state index < -0.39 is 24.3 Å². The molecular weight excluding hydrogens is 331 g/mol. The molecule has 8 heteroatoms. The largest absolute Gasteiger partial charge is 0.450 e. The van der Waals surface area contributed by atoms with Crippen molar-refractivity contribution in [2.45, 2.75) is 6.92 Å². The summed E-state index contributed by atoms with van der Waals surface area (Å²) in [5.41, 5.74) is 0.823. The molecule has 0 atom stereocenters. The van der Waals surface area contributed by atoms with Crippen LogP contribution in [0.3, 0.4) is 0 Å². The van der Waals surface area contributed by atoms with E-state index in [-0.39, 0.29) is 23.0 Å². The molecule has 0 saturated heterocycles. The number of carbonyl (C=O) groups is 2. The summed E-state index contributed by atoms with van der Waals surface area (Å²) in [6.07, 6.45) is 0. The van der Waals surface area contributed by atoms with E-state index in [0.29, 0.717) is 5.69 Å². The molecule has 3 aromatic rings. The number of anilines is 1. The molecule has 3 rings (SSSR count). The van der Waals surface area contributed by atoms with Gasteiger partial charge in [-0.2, -0.15) is 0 Å². The maximum absolute atomic E-state index is 13.7. The number of rotatable bonds is 5. The highest BCUT2D eigenvalue weighted by Gasteiger charge is 2.17. The topological polar surface area (TPSA) is 94.6 Å². The molecule has 0 radical (unpaired) electrons. The molecule has 0 aliphatic heterocycles. The Labute approximate surface area is 141 Å². The molecule has 0 fully saturated rings. The van der Waals surface area contributed by atoms with Crippen molar-refractivity contribution in [3.63, 3.8) is 0 Å². The van der Waals surface area contributed by atoms with Crippen LogP contribution in [-0.2, 0) is 9.53 Å².